The van der Waals surface area contributed by atoms with Gasteiger partial charge in [-0.3, -0.25) is 9.78 Å². The number of nitrogens with zero attached hydrogens (tertiary/aromatic N) is 4. The third-order valence-corrected chi connectivity index (χ3v) is 3.82. The molecule has 2 N–H and O–H groups in total. The van der Waals surface area contributed by atoms with Crippen molar-refractivity contribution in [1.29, 1.82) is 0 Å². The Morgan fingerprint density at radius 1 is 1.39 bits per heavy atom. The van der Waals surface area contributed by atoms with Gasteiger partial charge in [-0.25, -0.2) is 4.98 Å². The molecule has 0 atom stereocenters. The number of hydrogen-bond donors (Lipinski definition) is 2. The summed E-state index contributed by atoms with van der Waals surface area (Å²) in [6, 6.07) is 1.84. The van der Waals surface area contributed by atoms with Crippen LogP contribution in [0.25, 0.3) is 11.0 Å². The highest BCUT2D eigenvalue weighted by molar-refractivity contribution is 5.76. The zero-order valence-corrected chi connectivity index (χ0v) is 12.7. The molecule has 0 saturated carbocycles. The lowest BCUT2D eigenvalue weighted by atomic mass is 10.0. The quantitative estimate of drug-likeness (QED) is 0.730. The van der Waals surface area contributed by atoms with Crippen molar-refractivity contribution in [1.82, 2.24) is 20.3 Å². The second-order valence-corrected chi connectivity index (χ2v) is 5.56. The second kappa shape index (κ2) is 6.57. The number of aromatic amines is 1. The van der Waals surface area contributed by atoms with Crippen molar-refractivity contribution < 1.29 is 4.79 Å². The van der Waals surface area contributed by atoms with Crippen LogP contribution in [0.2, 0.25) is 0 Å². The number of carbonyl (C=O) groups excluding carboxylic acids is 1. The van der Waals surface area contributed by atoms with E-state index in [-0.39, 0.29) is 11.6 Å². The molecule has 0 bridgehead atoms. The molecule has 2 aromatic rings. The van der Waals surface area contributed by atoms with E-state index in [1.54, 1.807) is 12.4 Å². The first-order valence-corrected chi connectivity index (χ1v) is 7.64. The molecule has 3 rings (SSSR count). The summed E-state index contributed by atoms with van der Waals surface area (Å²) in [7, 11) is 0. The highest BCUT2D eigenvalue weighted by atomic mass is 16.1. The Morgan fingerprint density at radius 2 is 2.26 bits per heavy atom. The average molecular weight is 310 g/mol. The molecule has 0 unspecified atom stereocenters. The largest absolute Gasteiger partial charge is 0.356 e. The molecule has 2 aromatic heterocycles. The Labute approximate surface area is 134 Å². The van der Waals surface area contributed by atoms with Crippen LogP contribution < -0.4 is 5.32 Å². The van der Waals surface area contributed by atoms with Gasteiger partial charge in [-0.05, 0) is 6.07 Å². The molecule has 0 aliphatic carbocycles. The number of H-pyrrole nitrogens is 1. The number of rotatable bonds is 8. The predicted molar refractivity (Wildman–Crippen MR) is 85.5 cm³/mol. The lowest BCUT2D eigenvalue weighted by Crippen LogP contribution is -2.28. The van der Waals surface area contributed by atoms with Gasteiger partial charge in [0.15, 0.2) is 5.66 Å². The first kappa shape index (κ1) is 15.2. The molecule has 1 amide bonds. The van der Waals surface area contributed by atoms with Crippen molar-refractivity contribution in [3.8, 4) is 12.3 Å². The van der Waals surface area contributed by atoms with Crippen LogP contribution in [0.1, 0.15) is 31.5 Å². The number of pyridine rings is 1. The summed E-state index contributed by atoms with van der Waals surface area (Å²) in [4.78, 5) is 23.5. The van der Waals surface area contributed by atoms with E-state index in [0.29, 0.717) is 32.2 Å². The van der Waals surface area contributed by atoms with Gasteiger partial charge in [0.2, 0.25) is 5.91 Å². The minimum atomic E-state index is -0.342. The number of nitrogens with one attached hydrogen (secondary N) is 2. The second-order valence-electron chi connectivity index (χ2n) is 5.56. The monoisotopic (exact) mass is 310 g/mol. The van der Waals surface area contributed by atoms with E-state index in [9.17, 15) is 4.79 Å². The van der Waals surface area contributed by atoms with Crippen molar-refractivity contribution in [2.24, 2.45) is 10.2 Å². The molecule has 118 valence electrons. The summed E-state index contributed by atoms with van der Waals surface area (Å²) in [5, 5.41) is 11.0. The molecule has 0 radical (unpaired) electrons. The molecule has 1 aliphatic rings. The van der Waals surface area contributed by atoms with E-state index in [4.69, 9.17) is 6.42 Å². The minimum absolute atomic E-state index is 0.00340. The van der Waals surface area contributed by atoms with E-state index in [0.717, 1.165) is 23.3 Å². The SMILES string of the molecule is C#CCCC1(CCNC(=O)CCc2nc3ccncc3[nH]2)N=N1. The van der Waals surface area contributed by atoms with Crippen molar-refractivity contribution in [2.75, 3.05) is 6.54 Å². The Balaban J connectivity index is 1.39. The smallest absolute Gasteiger partial charge is 0.220 e. The number of carbonyl (C=O) groups is 1. The lowest BCUT2D eigenvalue weighted by molar-refractivity contribution is -0.121. The normalized spacial score (nSPS) is 14.6. The van der Waals surface area contributed by atoms with Crippen LogP contribution in [0.4, 0.5) is 0 Å². The van der Waals surface area contributed by atoms with Gasteiger partial charge in [0.25, 0.3) is 0 Å². The van der Waals surface area contributed by atoms with E-state index >= 15 is 0 Å². The molecular formula is C16H18N6O. The molecule has 3 heterocycles. The Bertz CT molecular complexity index is 733. The maximum atomic E-state index is 11.9. The van der Waals surface area contributed by atoms with E-state index in [1.165, 1.54) is 0 Å². The van der Waals surface area contributed by atoms with Gasteiger partial charge >= 0.3 is 0 Å². The third kappa shape index (κ3) is 3.92. The van der Waals surface area contributed by atoms with Crippen LogP contribution in [0.3, 0.4) is 0 Å². The number of imidazole rings is 1. The number of fused-ring (bicyclic) bond motifs is 1. The fourth-order valence-corrected chi connectivity index (χ4v) is 2.42. The molecule has 23 heavy (non-hydrogen) atoms. The van der Waals surface area contributed by atoms with Gasteiger partial charge in [-0.2, -0.15) is 10.2 Å². The number of amides is 1. The molecule has 0 aromatic carbocycles. The average Bonchev–Trinajstić information content (AvgIpc) is 3.20. The maximum absolute atomic E-state index is 11.9. The summed E-state index contributed by atoms with van der Waals surface area (Å²) in [6.45, 7) is 0.556. The van der Waals surface area contributed by atoms with E-state index < -0.39 is 0 Å². The summed E-state index contributed by atoms with van der Waals surface area (Å²) in [5.41, 5.74) is 1.41. The van der Waals surface area contributed by atoms with Gasteiger partial charge in [0, 0.05) is 44.8 Å². The summed E-state index contributed by atoms with van der Waals surface area (Å²) < 4.78 is 0. The van der Waals surface area contributed by atoms with Crippen LogP contribution in [0.5, 0.6) is 0 Å². The predicted octanol–water partition coefficient (Wildman–Crippen LogP) is 1.97. The van der Waals surface area contributed by atoms with Crippen LogP contribution in [0.15, 0.2) is 28.7 Å². The number of hydrogen-bond acceptors (Lipinski definition) is 5. The van der Waals surface area contributed by atoms with Crippen LogP contribution in [0, 0.1) is 12.3 Å². The molecule has 7 nitrogen and oxygen atoms in total. The topological polar surface area (TPSA) is 95.4 Å². The Hall–Kier alpha value is -2.75. The maximum Gasteiger partial charge on any atom is 0.220 e. The molecule has 1 aliphatic heterocycles. The van der Waals surface area contributed by atoms with Crippen molar-refractivity contribution in [3.05, 3.63) is 24.3 Å². The zero-order valence-electron chi connectivity index (χ0n) is 12.7. The third-order valence-electron chi connectivity index (χ3n) is 3.82. The lowest BCUT2D eigenvalue weighted by Gasteiger charge is -2.09. The van der Waals surface area contributed by atoms with Gasteiger partial charge in [0.1, 0.15) is 5.82 Å². The Kier molecular flexibility index (Phi) is 4.33. The fourth-order valence-electron chi connectivity index (χ4n) is 2.42. The summed E-state index contributed by atoms with van der Waals surface area (Å²) in [6.07, 6.45) is 11.7. The molecule has 7 heteroatoms. The van der Waals surface area contributed by atoms with E-state index in [1.807, 2.05) is 6.07 Å². The number of terminal acetylenes is 1. The Morgan fingerprint density at radius 3 is 3.00 bits per heavy atom. The van der Waals surface area contributed by atoms with Gasteiger partial charge in [0.05, 0.1) is 17.2 Å². The highest BCUT2D eigenvalue weighted by Gasteiger charge is 2.38. The molecule has 0 saturated heterocycles. The molecular weight excluding hydrogens is 292 g/mol. The minimum Gasteiger partial charge on any atom is -0.356 e. The summed E-state index contributed by atoms with van der Waals surface area (Å²) >= 11 is 0. The van der Waals surface area contributed by atoms with Crippen LogP contribution >= 0.6 is 0 Å². The number of aryl methyl sites for hydroxylation is 1. The first-order chi connectivity index (χ1) is 11.2. The fraction of sp³-hybridized carbons (Fsp3) is 0.438. The molecule has 0 spiro atoms. The van der Waals surface area contributed by atoms with Crippen LogP contribution in [-0.2, 0) is 11.2 Å². The first-order valence-electron chi connectivity index (χ1n) is 7.64. The summed E-state index contributed by atoms with van der Waals surface area (Å²) in [5.74, 6) is 3.38. The zero-order chi connectivity index (χ0) is 16.1. The van der Waals surface area contributed by atoms with Crippen molar-refractivity contribution in [3.63, 3.8) is 0 Å². The standard InChI is InChI=1S/C16H18N6O/c1-2-3-7-16(21-22-16)8-10-18-15(23)5-4-14-19-12-6-9-17-11-13(12)20-14/h1,6,9,11H,3-5,7-8,10H2,(H,18,23)(H,19,20). The van der Waals surface area contributed by atoms with E-state index in [2.05, 4.69) is 36.4 Å². The van der Waals surface area contributed by atoms with Crippen molar-refractivity contribution >= 4 is 16.9 Å². The van der Waals surface area contributed by atoms with Gasteiger partial charge in [-0.15, -0.1) is 12.3 Å². The van der Waals surface area contributed by atoms with Crippen molar-refractivity contribution in [2.45, 2.75) is 37.8 Å². The highest BCUT2D eigenvalue weighted by Crippen LogP contribution is 2.35. The van der Waals surface area contributed by atoms with Gasteiger partial charge < -0.3 is 10.3 Å². The van der Waals surface area contributed by atoms with Gasteiger partial charge in [-0.1, -0.05) is 0 Å². The number of aromatic nitrogens is 3. The molecule has 0 fully saturated rings. The van der Waals surface area contributed by atoms with Crippen LogP contribution in [-0.4, -0.2) is 33.1 Å².